The third-order valence-electron chi connectivity index (χ3n) is 5.69. The number of piperazine rings is 1. The quantitative estimate of drug-likeness (QED) is 0.582. The van der Waals surface area contributed by atoms with Crippen LogP contribution in [0.1, 0.15) is 0 Å². The average Bonchev–Trinajstić information content (AvgIpc) is 2.94. The van der Waals surface area contributed by atoms with Crippen LogP contribution in [-0.4, -0.2) is 72.0 Å². The third-order valence-corrected chi connectivity index (χ3v) is 7.01. The summed E-state index contributed by atoms with van der Waals surface area (Å²) in [5.41, 5.74) is 1.28. The number of rotatable bonds is 4. The van der Waals surface area contributed by atoms with Crippen LogP contribution in [0, 0.1) is 5.82 Å². The number of hydrazine groups is 1. The Hall–Kier alpha value is -1.35. The average molecular weight is 507 g/mol. The van der Waals surface area contributed by atoms with Crippen LogP contribution >= 0.6 is 46.4 Å². The van der Waals surface area contributed by atoms with Gasteiger partial charge in [-0.3, -0.25) is 14.7 Å². The summed E-state index contributed by atoms with van der Waals surface area (Å²) in [6, 6.07) is 3.95. The van der Waals surface area contributed by atoms with Gasteiger partial charge in [-0.2, -0.15) is 0 Å². The number of nitrogens with zero attached hydrogens (tertiary/aromatic N) is 5. The van der Waals surface area contributed by atoms with Gasteiger partial charge in [0.05, 0.1) is 32.5 Å². The molecule has 11 heteroatoms. The molecular weight excluding hydrogens is 487 g/mol. The van der Waals surface area contributed by atoms with Crippen molar-refractivity contribution < 1.29 is 9.18 Å². The van der Waals surface area contributed by atoms with Crippen molar-refractivity contribution in [3.05, 3.63) is 51.5 Å². The molecule has 2 atom stereocenters. The molecule has 4 rings (SSSR count). The SMILES string of the molecule is CN1C(CN2CCN(c3c(Cl)cncc3Cl)CC2)C(Cl)C(=O)N1c1ccc(F)c(Cl)c1. The van der Waals surface area contributed by atoms with E-state index < -0.39 is 11.2 Å². The summed E-state index contributed by atoms with van der Waals surface area (Å²) in [5.74, 6) is -0.795. The molecule has 166 valence electrons. The van der Waals surface area contributed by atoms with Crippen molar-refractivity contribution >= 4 is 63.7 Å². The van der Waals surface area contributed by atoms with E-state index in [2.05, 4.69) is 14.8 Å². The summed E-state index contributed by atoms with van der Waals surface area (Å²) in [5, 5.41) is 3.54. The Kier molecular flexibility index (Phi) is 6.82. The first-order chi connectivity index (χ1) is 14.8. The van der Waals surface area contributed by atoms with Gasteiger partial charge in [0, 0.05) is 52.2 Å². The molecule has 2 fully saturated rings. The number of halogens is 5. The number of aromatic nitrogens is 1. The number of carbonyl (C=O) groups excluding carboxylic acids is 1. The lowest BCUT2D eigenvalue weighted by Gasteiger charge is -2.39. The van der Waals surface area contributed by atoms with Gasteiger partial charge in [-0.05, 0) is 18.2 Å². The van der Waals surface area contributed by atoms with Crippen LogP contribution in [-0.2, 0) is 4.79 Å². The number of alkyl halides is 1. The highest BCUT2D eigenvalue weighted by molar-refractivity contribution is 6.39. The largest absolute Gasteiger partial charge is 0.366 e. The number of hydrogen-bond acceptors (Lipinski definition) is 5. The topological polar surface area (TPSA) is 42.9 Å². The van der Waals surface area contributed by atoms with Gasteiger partial charge in [0.1, 0.15) is 11.2 Å². The highest BCUT2D eigenvalue weighted by Gasteiger charge is 2.45. The second-order valence-corrected chi connectivity index (χ2v) is 9.22. The maximum absolute atomic E-state index is 13.5. The van der Waals surface area contributed by atoms with Crippen LogP contribution in [0.2, 0.25) is 15.1 Å². The molecule has 1 aromatic carbocycles. The van der Waals surface area contributed by atoms with Gasteiger partial charge in [-0.15, -0.1) is 11.6 Å². The maximum Gasteiger partial charge on any atom is 0.261 e. The first-order valence-corrected chi connectivity index (χ1v) is 11.3. The van der Waals surface area contributed by atoms with Crippen molar-refractivity contribution in [2.75, 3.05) is 49.7 Å². The summed E-state index contributed by atoms with van der Waals surface area (Å²) in [7, 11) is 1.80. The summed E-state index contributed by atoms with van der Waals surface area (Å²) in [6.45, 7) is 3.60. The lowest BCUT2D eigenvalue weighted by atomic mass is 10.1. The minimum absolute atomic E-state index is 0.0437. The van der Waals surface area contributed by atoms with Gasteiger partial charge in [0.15, 0.2) is 0 Å². The molecule has 6 nitrogen and oxygen atoms in total. The van der Waals surface area contributed by atoms with Gasteiger partial charge in [0.25, 0.3) is 5.91 Å². The molecule has 2 unspecified atom stereocenters. The van der Waals surface area contributed by atoms with Crippen molar-refractivity contribution in [3.8, 4) is 0 Å². The Morgan fingerprint density at radius 1 is 1.06 bits per heavy atom. The molecule has 0 aliphatic carbocycles. The van der Waals surface area contributed by atoms with Crippen molar-refractivity contribution in [3.63, 3.8) is 0 Å². The molecule has 31 heavy (non-hydrogen) atoms. The fourth-order valence-electron chi connectivity index (χ4n) is 4.04. The van der Waals surface area contributed by atoms with E-state index in [9.17, 15) is 9.18 Å². The predicted octanol–water partition coefficient (Wildman–Crippen LogP) is 4.17. The van der Waals surface area contributed by atoms with Crippen LogP contribution in [0.5, 0.6) is 0 Å². The van der Waals surface area contributed by atoms with E-state index in [0.29, 0.717) is 22.3 Å². The Balaban J connectivity index is 1.43. The molecule has 0 spiro atoms. The van der Waals surface area contributed by atoms with Crippen molar-refractivity contribution in [1.29, 1.82) is 0 Å². The molecule has 0 radical (unpaired) electrons. The number of anilines is 2. The normalized spacial score (nSPS) is 23.1. The van der Waals surface area contributed by atoms with E-state index in [-0.39, 0.29) is 17.0 Å². The third kappa shape index (κ3) is 4.45. The number of benzene rings is 1. The molecule has 2 aromatic rings. The van der Waals surface area contributed by atoms with Crippen LogP contribution < -0.4 is 9.91 Å². The molecule has 0 bridgehead atoms. The summed E-state index contributed by atoms with van der Waals surface area (Å²) >= 11 is 25.0. The number of pyridine rings is 1. The lowest BCUT2D eigenvalue weighted by molar-refractivity contribution is -0.117. The molecular formula is C20H20Cl4FN5O. The van der Waals surface area contributed by atoms with Crippen LogP contribution in [0.25, 0.3) is 0 Å². The Morgan fingerprint density at radius 2 is 1.71 bits per heavy atom. The Morgan fingerprint density at radius 3 is 2.32 bits per heavy atom. The fourth-order valence-corrected chi connectivity index (χ4v) is 5.15. The summed E-state index contributed by atoms with van der Waals surface area (Å²) in [6.07, 6.45) is 3.17. The zero-order valence-corrected chi connectivity index (χ0v) is 19.6. The molecule has 2 saturated heterocycles. The summed E-state index contributed by atoms with van der Waals surface area (Å²) in [4.78, 5) is 21.2. The maximum atomic E-state index is 13.5. The second-order valence-electron chi connectivity index (χ2n) is 7.53. The number of hydrogen-bond donors (Lipinski definition) is 0. The van der Waals surface area contributed by atoms with E-state index in [1.54, 1.807) is 24.5 Å². The minimum atomic E-state index is -0.726. The van der Waals surface area contributed by atoms with Gasteiger partial charge < -0.3 is 4.90 Å². The van der Waals surface area contributed by atoms with Gasteiger partial charge in [0.2, 0.25) is 0 Å². The van der Waals surface area contributed by atoms with E-state index in [1.165, 1.54) is 23.2 Å². The molecule has 2 aliphatic rings. The van der Waals surface area contributed by atoms with Crippen molar-refractivity contribution in [1.82, 2.24) is 14.9 Å². The molecule has 0 saturated carbocycles. The Labute approximate surface area is 200 Å². The first kappa shape index (κ1) is 22.8. The Bertz CT molecular complexity index is 968. The molecule has 2 aliphatic heterocycles. The zero-order valence-electron chi connectivity index (χ0n) is 16.6. The van der Waals surface area contributed by atoms with Crippen LogP contribution in [0.4, 0.5) is 15.8 Å². The van der Waals surface area contributed by atoms with Gasteiger partial charge in [-0.25, -0.2) is 14.4 Å². The van der Waals surface area contributed by atoms with Crippen molar-refractivity contribution in [2.24, 2.45) is 0 Å². The predicted molar refractivity (Wildman–Crippen MR) is 123 cm³/mol. The van der Waals surface area contributed by atoms with E-state index in [0.717, 1.165) is 31.9 Å². The molecule has 0 N–H and O–H groups in total. The van der Waals surface area contributed by atoms with Gasteiger partial charge in [-0.1, -0.05) is 34.8 Å². The van der Waals surface area contributed by atoms with Crippen LogP contribution in [0.3, 0.4) is 0 Å². The highest BCUT2D eigenvalue weighted by atomic mass is 35.5. The minimum Gasteiger partial charge on any atom is -0.366 e. The second kappa shape index (κ2) is 9.25. The first-order valence-electron chi connectivity index (χ1n) is 9.70. The monoisotopic (exact) mass is 505 g/mol. The summed E-state index contributed by atoms with van der Waals surface area (Å²) < 4.78 is 13.5. The smallest absolute Gasteiger partial charge is 0.261 e. The van der Waals surface area contributed by atoms with E-state index in [1.807, 2.05) is 0 Å². The molecule has 1 aromatic heterocycles. The fraction of sp³-hybridized carbons (Fsp3) is 0.400. The molecule has 1 amide bonds. The number of carbonyl (C=O) groups is 1. The lowest BCUT2D eigenvalue weighted by Crippen LogP contribution is -2.52. The number of likely N-dealkylation sites (N-methyl/N-ethyl adjacent to an activating group) is 1. The standard InChI is InChI=1S/C20H20Cl4FN5O/c1-27-17(18(24)20(31)30(27)12-2-3-16(25)13(21)8-12)11-28-4-6-29(7-5-28)19-14(22)9-26-10-15(19)23/h2-3,8-10,17-18H,4-7,11H2,1H3. The van der Waals surface area contributed by atoms with Gasteiger partial charge >= 0.3 is 0 Å². The van der Waals surface area contributed by atoms with E-state index in [4.69, 9.17) is 46.4 Å². The molecule has 3 heterocycles. The number of amides is 1. The van der Waals surface area contributed by atoms with Crippen LogP contribution in [0.15, 0.2) is 30.6 Å². The van der Waals surface area contributed by atoms with E-state index >= 15 is 0 Å². The van der Waals surface area contributed by atoms with Crippen molar-refractivity contribution in [2.45, 2.75) is 11.4 Å². The highest BCUT2D eigenvalue weighted by Crippen LogP contribution is 2.34. The zero-order chi connectivity index (χ0) is 22.3.